The van der Waals surface area contributed by atoms with Crippen LogP contribution in [0.2, 0.25) is 0 Å². The molecular formula is C6H14CaMgO7SrZn. The molecule has 0 heterocycles. The minimum absolute atomic E-state index is 0. The van der Waals surface area contributed by atoms with E-state index in [9.17, 15) is 14.4 Å². The van der Waals surface area contributed by atoms with Gasteiger partial charge in [-0.05, 0) is 0 Å². The number of aliphatic carboxylic acids is 3. The fraction of sp³-hybridized carbons (Fsp3) is 0.500. The molecule has 0 spiro atoms. The van der Waals surface area contributed by atoms with Crippen LogP contribution >= 0.6 is 0 Å². The molecular weight excluding hydrogens is 401 g/mol. The summed E-state index contributed by atoms with van der Waals surface area (Å²) < 4.78 is 0. The molecule has 0 radical (unpaired) electrons. The third kappa shape index (κ3) is 14.7. The van der Waals surface area contributed by atoms with Gasteiger partial charge in [0.2, 0.25) is 0 Å². The molecule has 11 heteroatoms. The van der Waals surface area contributed by atoms with Crippen molar-refractivity contribution < 1.29 is 54.3 Å². The van der Waals surface area contributed by atoms with Gasteiger partial charge in [0.1, 0.15) is 0 Å². The van der Waals surface area contributed by atoms with E-state index in [1.54, 1.807) is 0 Å². The van der Waals surface area contributed by atoms with E-state index in [1.807, 2.05) is 0 Å². The summed E-state index contributed by atoms with van der Waals surface area (Å²) in [4.78, 5) is 30.5. The number of carboxylic acids is 3. The third-order valence-corrected chi connectivity index (χ3v) is 1.29. The van der Waals surface area contributed by atoms with Crippen LogP contribution in [0.25, 0.3) is 0 Å². The van der Waals surface area contributed by atoms with Crippen LogP contribution in [0.4, 0.5) is 0 Å². The van der Waals surface area contributed by atoms with Crippen molar-refractivity contribution in [3.8, 4) is 0 Å². The molecule has 0 aliphatic rings. The van der Waals surface area contributed by atoms with Crippen LogP contribution in [0.5, 0.6) is 0 Å². The van der Waals surface area contributed by atoms with Gasteiger partial charge in [-0.15, -0.1) is 0 Å². The van der Waals surface area contributed by atoms with Crippen LogP contribution in [0, 0.1) is 0 Å². The maximum atomic E-state index is 10.3. The van der Waals surface area contributed by atoms with Gasteiger partial charge < -0.3 is 20.4 Å². The number of hydrogen-bond donors (Lipinski definition) is 4. The fourth-order valence-electron chi connectivity index (χ4n) is 0.714. The molecule has 0 rings (SSSR count). The molecule has 7 nitrogen and oxygen atoms in total. The number of rotatable bonds is 5. The minimum Gasteiger partial charge on any atom is 0 e. The predicted molar refractivity (Wildman–Crippen MR) is 62.7 cm³/mol. The van der Waals surface area contributed by atoms with Crippen LogP contribution in [-0.2, 0) is 33.9 Å². The van der Waals surface area contributed by atoms with Gasteiger partial charge in [0.25, 0.3) is 0 Å². The smallest absolute Gasteiger partial charge is 0 e. The Bertz CT molecular complexity index is 249. The molecule has 0 unspecified atom stereocenters. The van der Waals surface area contributed by atoms with Gasteiger partial charge in [0, 0.05) is 19.5 Å². The Morgan fingerprint density at radius 3 is 1.29 bits per heavy atom. The van der Waals surface area contributed by atoms with Gasteiger partial charge in [-0.25, -0.2) is 4.79 Å². The molecule has 0 amide bonds. The van der Waals surface area contributed by atoms with Crippen LogP contribution in [-0.4, -0.2) is 150 Å². The van der Waals surface area contributed by atoms with Gasteiger partial charge in [-0.1, -0.05) is 0 Å². The second-order valence-electron chi connectivity index (χ2n) is 2.48. The van der Waals surface area contributed by atoms with Crippen molar-refractivity contribution in [2.75, 3.05) is 0 Å². The van der Waals surface area contributed by atoms with Crippen LogP contribution in [0.15, 0.2) is 0 Å². The Hall–Kier alpha value is 2.50. The fourth-order valence-corrected chi connectivity index (χ4v) is 0.714. The largest absolute Gasteiger partial charge is 0 e. The average molecular weight is 416 g/mol. The second kappa shape index (κ2) is 14.9. The molecule has 0 saturated carbocycles. The molecule has 0 aromatic carbocycles. The van der Waals surface area contributed by atoms with Crippen molar-refractivity contribution in [1.29, 1.82) is 0 Å². The van der Waals surface area contributed by atoms with Crippen molar-refractivity contribution in [3.05, 3.63) is 0 Å². The number of carboxylic acid groups (broad SMARTS) is 3. The van der Waals surface area contributed by atoms with E-state index in [1.165, 1.54) is 0 Å². The molecule has 0 saturated heterocycles. The standard InChI is InChI=1S/C6H8O7.Ca.Mg.Sr.Zn.6H/c7-3(8)1-6(13,5(11)12)2-4(9)10;;;;;;;;;;/h13H,1-2H2,(H,7,8)(H,9,10)(H,11,12);;;;;;;;;;. The summed E-state index contributed by atoms with van der Waals surface area (Å²) in [7, 11) is 0. The summed E-state index contributed by atoms with van der Waals surface area (Å²) in [6, 6.07) is 0. The molecule has 0 aromatic heterocycles. The first-order valence-corrected chi connectivity index (χ1v) is 3.17. The molecule has 88 valence electrons. The van der Waals surface area contributed by atoms with E-state index in [-0.39, 0.29) is 126 Å². The maximum absolute atomic E-state index is 10.3. The SMILES string of the molecule is O=C(O)CC(O)(CC(=O)O)C(=O)O.[CaH2].[MgH2].[SrH2].[Zn]. The predicted octanol–water partition coefficient (Wildman–Crippen LogP) is -4.00. The first-order valence-electron chi connectivity index (χ1n) is 3.17. The zero-order valence-electron chi connectivity index (χ0n) is 7.13. The molecule has 17 heavy (non-hydrogen) atoms. The summed E-state index contributed by atoms with van der Waals surface area (Å²) in [5.41, 5.74) is -2.74. The summed E-state index contributed by atoms with van der Waals surface area (Å²) in [6.45, 7) is 0. The Labute approximate surface area is 193 Å². The van der Waals surface area contributed by atoms with E-state index in [4.69, 9.17) is 20.4 Å². The van der Waals surface area contributed by atoms with Crippen molar-refractivity contribution in [3.63, 3.8) is 0 Å². The van der Waals surface area contributed by atoms with E-state index >= 15 is 0 Å². The summed E-state index contributed by atoms with van der Waals surface area (Å²) in [6.07, 6.45) is -2.29. The zero-order chi connectivity index (χ0) is 10.6. The van der Waals surface area contributed by atoms with Gasteiger partial charge in [0.05, 0.1) is 12.8 Å². The van der Waals surface area contributed by atoms with Crippen molar-refractivity contribution >= 4 is 124 Å². The topological polar surface area (TPSA) is 132 Å². The summed E-state index contributed by atoms with van der Waals surface area (Å²) in [5, 5.41) is 33.8. The maximum Gasteiger partial charge on any atom is 0 e. The second-order valence-corrected chi connectivity index (χ2v) is 2.48. The number of aliphatic hydroxyl groups is 1. The van der Waals surface area contributed by atoms with E-state index in [2.05, 4.69) is 0 Å². The summed E-state index contributed by atoms with van der Waals surface area (Å²) in [5.74, 6) is -5.02. The van der Waals surface area contributed by atoms with Crippen LogP contribution in [0.3, 0.4) is 0 Å². The first-order chi connectivity index (χ1) is 5.78. The van der Waals surface area contributed by atoms with Crippen LogP contribution < -0.4 is 0 Å². The normalized spacial score (nSPS) is 8.29. The number of hydrogen-bond acceptors (Lipinski definition) is 4. The molecule has 0 aromatic rings. The van der Waals surface area contributed by atoms with Crippen molar-refractivity contribution in [2.45, 2.75) is 18.4 Å². The molecule has 0 atom stereocenters. The van der Waals surface area contributed by atoms with E-state index in [0.717, 1.165) is 0 Å². The van der Waals surface area contributed by atoms with Gasteiger partial charge in [0.15, 0.2) is 5.60 Å². The molecule has 0 aliphatic carbocycles. The van der Waals surface area contributed by atoms with Crippen LogP contribution in [0.1, 0.15) is 12.8 Å². The quantitative estimate of drug-likeness (QED) is 0.337. The Balaban J connectivity index is -0.000000120. The van der Waals surface area contributed by atoms with Gasteiger partial charge in [-0.3, -0.25) is 9.59 Å². The van der Waals surface area contributed by atoms with E-state index < -0.39 is 36.4 Å². The average Bonchev–Trinajstić information content (AvgIpc) is 1.82. The van der Waals surface area contributed by atoms with Crippen molar-refractivity contribution in [1.82, 2.24) is 0 Å². The van der Waals surface area contributed by atoms with Crippen molar-refractivity contribution in [2.24, 2.45) is 0 Å². The monoisotopic (exact) mass is 414 g/mol. The minimum atomic E-state index is -2.74. The van der Waals surface area contributed by atoms with E-state index in [0.29, 0.717) is 0 Å². The first kappa shape index (κ1) is 31.7. The Kier molecular flexibility index (Phi) is 27.8. The van der Waals surface area contributed by atoms with Gasteiger partial charge in [-0.2, -0.15) is 0 Å². The molecule has 0 bridgehead atoms. The summed E-state index contributed by atoms with van der Waals surface area (Å²) >= 11 is 0. The Morgan fingerprint density at radius 1 is 0.941 bits per heavy atom. The third-order valence-electron chi connectivity index (χ3n) is 1.29. The number of carbonyl (C=O) groups is 3. The molecule has 0 aliphatic heterocycles. The zero-order valence-corrected chi connectivity index (χ0v) is 10.1. The Morgan fingerprint density at radius 2 is 1.18 bits per heavy atom. The van der Waals surface area contributed by atoms with Gasteiger partial charge >= 0.3 is 124 Å². The molecule has 4 N–H and O–H groups in total. The molecule has 0 fully saturated rings.